The number of benzene rings is 3. The number of carbonyl (C=O) groups is 3. The summed E-state index contributed by atoms with van der Waals surface area (Å²) in [5.74, 6) is -1.31. The molecule has 2 N–H and O–H groups in total. The van der Waals surface area contributed by atoms with E-state index < -0.39 is 11.9 Å². The molecule has 0 saturated carbocycles. The molecule has 0 saturated heterocycles. The van der Waals surface area contributed by atoms with Crippen LogP contribution in [0.4, 0.5) is 0 Å². The van der Waals surface area contributed by atoms with Gasteiger partial charge in [0.25, 0.3) is 5.91 Å². The van der Waals surface area contributed by atoms with Crippen molar-refractivity contribution >= 4 is 29.4 Å². The molecule has 232 valence electrons. The second kappa shape index (κ2) is 14.4. The average Bonchev–Trinajstić information content (AvgIpc) is 3.49. The van der Waals surface area contributed by atoms with Crippen LogP contribution in [0.1, 0.15) is 70.6 Å². The molecule has 2 amide bonds. The smallest absolute Gasteiger partial charge is 0.305 e. The largest absolute Gasteiger partial charge is 0.481 e. The standard InChI is InChI=1S/C36H36ClN3O5/c1-3-4-31(23-5-7-25(8-6-23)35(43)38-18-17-33(41)42)34(24-11-14-30(37)15-12-24)36(44)40-21-28-10-9-26(19-29(28)22-40)27-13-16-32(45-2)39-20-27/h5-16,19-20,31,34H,3-4,17-18,21-22H2,1-2H3,(H,38,43)(H,41,42). The predicted molar refractivity (Wildman–Crippen MR) is 173 cm³/mol. The molecule has 45 heavy (non-hydrogen) atoms. The number of fused-ring (bicyclic) bond motifs is 1. The number of ether oxygens (including phenoxy) is 1. The maximum Gasteiger partial charge on any atom is 0.305 e. The lowest BCUT2D eigenvalue weighted by Gasteiger charge is -2.31. The first-order chi connectivity index (χ1) is 21.8. The summed E-state index contributed by atoms with van der Waals surface area (Å²) in [6.07, 6.45) is 3.26. The molecule has 1 aromatic heterocycles. The van der Waals surface area contributed by atoms with Crippen LogP contribution in [-0.2, 0) is 22.7 Å². The highest BCUT2D eigenvalue weighted by molar-refractivity contribution is 6.30. The van der Waals surface area contributed by atoms with Crippen LogP contribution < -0.4 is 10.1 Å². The van der Waals surface area contributed by atoms with Gasteiger partial charge in [0.15, 0.2) is 0 Å². The van der Waals surface area contributed by atoms with Crippen LogP contribution in [0.25, 0.3) is 11.1 Å². The molecule has 4 aromatic rings. The average molecular weight is 626 g/mol. The van der Waals surface area contributed by atoms with Crippen molar-refractivity contribution in [2.75, 3.05) is 13.7 Å². The molecule has 0 bridgehead atoms. The van der Waals surface area contributed by atoms with Crippen molar-refractivity contribution in [1.29, 1.82) is 0 Å². The number of amides is 2. The first-order valence-corrected chi connectivity index (χ1v) is 15.4. The lowest BCUT2D eigenvalue weighted by molar-refractivity contribution is -0.137. The Balaban J connectivity index is 1.41. The molecule has 0 aliphatic carbocycles. The van der Waals surface area contributed by atoms with Crippen molar-refractivity contribution < 1.29 is 24.2 Å². The molecular weight excluding hydrogens is 590 g/mol. The van der Waals surface area contributed by atoms with Crippen molar-refractivity contribution in [3.63, 3.8) is 0 Å². The third-order valence-electron chi connectivity index (χ3n) is 8.24. The van der Waals surface area contributed by atoms with Crippen LogP contribution in [0.2, 0.25) is 5.02 Å². The third-order valence-corrected chi connectivity index (χ3v) is 8.49. The number of carbonyl (C=O) groups excluding carboxylic acids is 2. The van der Waals surface area contributed by atoms with Gasteiger partial charge < -0.3 is 20.1 Å². The van der Waals surface area contributed by atoms with Crippen molar-refractivity contribution in [3.8, 4) is 17.0 Å². The van der Waals surface area contributed by atoms with E-state index in [9.17, 15) is 14.4 Å². The maximum absolute atomic E-state index is 14.5. The zero-order chi connectivity index (χ0) is 31.9. The summed E-state index contributed by atoms with van der Waals surface area (Å²) >= 11 is 6.25. The quantitative estimate of drug-likeness (QED) is 0.179. The number of aromatic nitrogens is 1. The van der Waals surface area contributed by atoms with E-state index >= 15 is 0 Å². The summed E-state index contributed by atoms with van der Waals surface area (Å²) in [6, 6.07) is 24.8. The van der Waals surface area contributed by atoms with Crippen LogP contribution >= 0.6 is 11.6 Å². The molecule has 1 aliphatic heterocycles. The number of carboxylic acid groups (broad SMARTS) is 1. The van der Waals surface area contributed by atoms with Gasteiger partial charge in [-0.25, -0.2) is 4.98 Å². The zero-order valence-electron chi connectivity index (χ0n) is 25.3. The van der Waals surface area contributed by atoms with Crippen molar-refractivity contribution in [2.45, 2.75) is 51.1 Å². The molecule has 9 heteroatoms. The summed E-state index contributed by atoms with van der Waals surface area (Å²) in [7, 11) is 1.59. The minimum Gasteiger partial charge on any atom is -0.481 e. The van der Waals surface area contributed by atoms with Crippen LogP contribution in [-0.4, -0.2) is 46.4 Å². The number of hydrogen-bond acceptors (Lipinski definition) is 5. The molecule has 0 spiro atoms. The Kier molecular flexibility index (Phi) is 10.1. The maximum atomic E-state index is 14.5. The second-order valence-electron chi connectivity index (χ2n) is 11.2. The Morgan fingerprint density at radius 3 is 2.27 bits per heavy atom. The van der Waals surface area contributed by atoms with E-state index in [2.05, 4.69) is 35.4 Å². The van der Waals surface area contributed by atoms with Crippen LogP contribution in [0.3, 0.4) is 0 Å². The van der Waals surface area contributed by atoms with E-state index in [1.54, 1.807) is 25.4 Å². The first-order valence-electron chi connectivity index (χ1n) is 15.0. The number of carboxylic acids is 1. The summed E-state index contributed by atoms with van der Waals surface area (Å²) in [6.45, 7) is 3.18. The highest BCUT2D eigenvalue weighted by atomic mass is 35.5. The van der Waals surface area contributed by atoms with E-state index in [0.29, 0.717) is 29.6 Å². The Morgan fingerprint density at radius 1 is 0.933 bits per heavy atom. The van der Waals surface area contributed by atoms with Crippen LogP contribution in [0.15, 0.2) is 85.1 Å². The van der Waals surface area contributed by atoms with Gasteiger partial charge in [0.1, 0.15) is 0 Å². The fourth-order valence-electron chi connectivity index (χ4n) is 5.92. The van der Waals surface area contributed by atoms with E-state index in [-0.39, 0.29) is 30.7 Å². The molecule has 5 rings (SSSR count). The van der Waals surface area contributed by atoms with E-state index in [1.807, 2.05) is 53.4 Å². The zero-order valence-corrected chi connectivity index (χ0v) is 26.1. The number of nitrogens with zero attached hydrogens (tertiary/aromatic N) is 2. The number of methoxy groups -OCH3 is 1. The van der Waals surface area contributed by atoms with Crippen molar-refractivity contribution in [1.82, 2.24) is 15.2 Å². The van der Waals surface area contributed by atoms with Gasteiger partial charge in [-0.15, -0.1) is 0 Å². The highest BCUT2D eigenvalue weighted by Gasteiger charge is 2.36. The summed E-state index contributed by atoms with van der Waals surface area (Å²) in [5.41, 5.74) is 6.52. The van der Waals surface area contributed by atoms with Crippen molar-refractivity contribution in [3.05, 3.63) is 118 Å². The minimum absolute atomic E-state index is 0.0372. The number of pyridine rings is 1. The van der Waals surface area contributed by atoms with E-state index in [4.69, 9.17) is 21.4 Å². The summed E-state index contributed by atoms with van der Waals surface area (Å²) in [5, 5.41) is 12.1. The van der Waals surface area contributed by atoms with Gasteiger partial charge in [-0.3, -0.25) is 14.4 Å². The second-order valence-corrected chi connectivity index (χ2v) is 11.6. The molecule has 1 aliphatic rings. The van der Waals surface area contributed by atoms with Crippen molar-refractivity contribution in [2.24, 2.45) is 0 Å². The van der Waals surface area contributed by atoms with E-state index in [1.165, 1.54) is 0 Å². The minimum atomic E-state index is -0.970. The first kappa shape index (κ1) is 31.7. The molecule has 2 heterocycles. The highest BCUT2D eigenvalue weighted by Crippen LogP contribution is 2.40. The SMILES string of the molecule is CCCC(c1ccc(C(=O)NCCC(=O)O)cc1)C(C(=O)N1Cc2ccc(-c3ccc(OC)nc3)cc2C1)c1ccc(Cl)cc1. The topological polar surface area (TPSA) is 109 Å². The van der Waals surface area contributed by atoms with E-state index in [0.717, 1.165) is 46.2 Å². The molecule has 0 fully saturated rings. The van der Waals surface area contributed by atoms with Crippen LogP contribution in [0.5, 0.6) is 5.88 Å². The van der Waals surface area contributed by atoms with Gasteiger partial charge in [0.2, 0.25) is 11.8 Å². The van der Waals surface area contributed by atoms with Gasteiger partial charge in [-0.1, -0.05) is 61.3 Å². The molecule has 0 radical (unpaired) electrons. The third kappa shape index (κ3) is 7.52. The summed E-state index contributed by atoms with van der Waals surface area (Å²) < 4.78 is 5.19. The van der Waals surface area contributed by atoms with Gasteiger partial charge in [0.05, 0.1) is 19.4 Å². The Morgan fingerprint density at radius 2 is 1.62 bits per heavy atom. The van der Waals surface area contributed by atoms with Gasteiger partial charge in [-0.2, -0.15) is 0 Å². The Labute approximate surface area is 268 Å². The molecule has 8 nitrogen and oxygen atoms in total. The predicted octanol–water partition coefficient (Wildman–Crippen LogP) is 6.83. The molecule has 2 unspecified atom stereocenters. The Bertz CT molecular complexity index is 1660. The lowest BCUT2D eigenvalue weighted by Crippen LogP contribution is -2.34. The fourth-order valence-corrected chi connectivity index (χ4v) is 6.05. The van der Waals surface area contributed by atoms with Gasteiger partial charge in [0, 0.05) is 48.0 Å². The van der Waals surface area contributed by atoms with Gasteiger partial charge >= 0.3 is 5.97 Å². The summed E-state index contributed by atoms with van der Waals surface area (Å²) in [4.78, 5) is 44.2. The molecular formula is C36H36ClN3O5. The lowest BCUT2D eigenvalue weighted by atomic mass is 9.77. The van der Waals surface area contributed by atoms with Crippen LogP contribution in [0, 0.1) is 0 Å². The number of nitrogens with one attached hydrogen (secondary N) is 1. The molecule has 2 atom stereocenters. The van der Waals surface area contributed by atoms with Gasteiger partial charge in [-0.05, 0) is 76.6 Å². The fraction of sp³-hybridized carbons (Fsp3) is 0.278. The number of halogens is 1. The Hall–Kier alpha value is -4.69. The number of hydrogen-bond donors (Lipinski definition) is 2. The number of rotatable bonds is 12. The normalized spacial score (nSPS) is 13.5. The number of aliphatic carboxylic acids is 1. The molecule has 3 aromatic carbocycles. The monoisotopic (exact) mass is 625 g/mol.